The molecule has 2 N–H and O–H groups in total. The third-order valence-corrected chi connectivity index (χ3v) is 4.96. The predicted molar refractivity (Wildman–Crippen MR) is 87.5 cm³/mol. The smallest absolute Gasteiger partial charge is 0.307 e. The van der Waals surface area contributed by atoms with Crippen molar-refractivity contribution in [2.45, 2.75) is 32.2 Å². The first-order valence-electron chi connectivity index (χ1n) is 8.35. The Morgan fingerprint density at radius 3 is 2.38 bits per heavy atom. The zero-order valence-corrected chi connectivity index (χ0v) is 13.7. The molecule has 0 spiro atoms. The molecule has 2 amide bonds. The van der Waals surface area contributed by atoms with Crippen LogP contribution in [-0.2, 0) is 9.59 Å². The summed E-state index contributed by atoms with van der Waals surface area (Å²) >= 11 is 0. The molecule has 3 rings (SSSR count). The standard InChI is InChI=1S/C18H22N2O4/c1-11-4-2-3-5-13(11)16(21)19-12-6-8-20(9-7-12)17(22)14-10-15(14)18(23)24/h2-5,12,14-15H,6-10H2,1H3,(H,19,21)(H,23,24). The van der Waals surface area contributed by atoms with Gasteiger partial charge >= 0.3 is 5.97 Å². The Morgan fingerprint density at radius 1 is 1.12 bits per heavy atom. The highest BCUT2D eigenvalue weighted by atomic mass is 16.4. The van der Waals surface area contributed by atoms with E-state index in [0.29, 0.717) is 37.9 Å². The van der Waals surface area contributed by atoms with E-state index < -0.39 is 11.9 Å². The molecule has 1 heterocycles. The molecule has 1 saturated carbocycles. The molecule has 2 atom stereocenters. The van der Waals surface area contributed by atoms with Crippen molar-refractivity contribution in [3.8, 4) is 0 Å². The maximum atomic E-state index is 12.3. The first-order valence-corrected chi connectivity index (χ1v) is 8.35. The number of rotatable bonds is 4. The Balaban J connectivity index is 1.49. The van der Waals surface area contributed by atoms with Crippen LogP contribution in [0.3, 0.4) is 0 Å². The lowest BCUT2D eigenvalue weighted by Gasteiger charge is -2.32. The van der Waals surface area contributed by atoms with Gasteiger partial charge < -0.3 is 15.3 Å². The van der Waals surface area contributed by atoms with Crippen LogP contribution in [0, 0.1) is 18.8 Å². The number of benzene rings is 1. The maximum Gasteiger partial charge on any atom is 0.307 e. The molecular formula is C18H22N2O4. The van der Waals surface area contributed by atoms with E-state index in [9.17, 15) is 14.4 Å². The normalized spacial score (nSPS) is 23.6. The number of likely N-dealkylation sites (tertiary alicyclic amines) is 1. The van der Waals surface area contributed by atoms with Crippen LogP contribution in [-0.4, -0.2) is 46.9 Å². The van der Waals surface area contributed by atoms with Gasteiger partial charge in [-0.25, -0.2) is 0 Å². The number of carbonyl (C=O) groups excluding carboxylic acids is 2. The van der Waals surface area contributed by atoms with E-state index in [1.807, 2.05) is 31.2 Å². The lowest BCUT2D eigenvalue weighted by molar-refractivity contribution is -0.142. The van der Waals surface area contributed by atoms with Crippen LogP contribution >= 0.6 is 0 Å². The quantitative estimate of drug-likeness (QED) is 0.874. The van der Waals surface area contributed by atoms with Gasteiger partial charge in [-0.2, -0.15) is 0 Å². The fraction of sp³-hybridized carbons (Fsp3) is 0.500. The van der Waals surface area contributed by atoms with Gasteiger partial charge in [-0.05, 0) is 37.8 Å². The lowest BCUT2D eigenvalue weighted by atomic mass is 10.0. The molecule has 24 heavy (non-hydrogen) atoms. The number of nitrogens with zero attached hydrogens (tertiary/aromatic N) is 1. The molecule has 2 aliphatic rings. The topological polar surface area (TPSA) is 86.7 Å². The van der Waals surface area contributed by atoms with Gasteiger partial charge in [0.1, 0.15) is 0 Å². The largest absolute Gasteiger partial charge is 0.481 e. The molecule has 128 valence electrons. The third-order valence-electron chi connectivity index (χ3n) is 4.96. The fourth-order valence-electron chi connectivity index (χ4n) is 3.31. The number of carbonyl (C=O) groups is 3. The van der Waals surface area contributed by atoms with E-state index in [1.54, 1.807) is 4.90 Å². The summed E-state index contributed by atoms with van der Waals surface area (Å²) in [6.07, 6.45) is 1.86. The Kier molecular flexibility index (Phi) is 4.55. The van der Waals surface area contributed by atoms with Gasteiger partial charge in [-0.3, -0.25) is 14.4 Å². The Bertz CT molecular complexity index is 665. The van der Waals surface area contributed by atoms with Gasteiger partial charge in [0, 0.05) is 24.7 Å². The maximum absolute atomic E-state index is 12.3. The number of carboxylic acids is 1. The summed E-state index contributed by atoms with van der Waals surface area (Å²) in [5, 5.41) is 12.0. The molecule has 1 aromatic carbocycles. The van der Waals surface area contributed by atoms with Crippen molar-refractivity contribution < 1.29 is 19.5 Å². The van der Waals surface area contributed by atoms with Gasteiger partial charge in [0.15, 0.2) is 0 Å². The van der Waals surface area contributed by atoms with E-state index >= 15 is 0 Å². The number of piperidine rings is 1. The van der Waals surface area contributed by atoms with Crippen molar-refractivity contribution in [3.05, 3.63) is 35.4 Å². The molecule has 6 nitrogen and oxygen atoms in total. The summed E-state index contributed by atoms with van der Waals surface area (Å²) in [7, 11) is 0. The number of hydrogen-bond donors (Lipinski definition) is 2. The fourth-order valence-corrected chi connectivity index (χ4v) is 3.31. The zero-order valence-electron chi connectivity index (χ0n) is 13.7. The van der Waals surface area contributed by atoms with E-state index in [2.05, 4.69) is 5.32 Å². The average molecular weight is 330 g/mol. The minimum Gasteiger partial charge on any atom is -0.481 e. The summed E-state index contributed by atoms with van der Waals surface area (Å²) in [5.41, 5.74) is 1.62. The molecule has 0 bridgehead atoms. The number of nitrogens with one attached hydrogen (secondary N) is 1. The second kappa shape index (κ2) is 6.63. The van der Waals surface area contributed by atoms with Crippen LogP contribution in [0.5, 0.6) is 0 Å². The number of hydrogen-bond acceptors (Lipinski definition) is 3. The summed E-state index contributed by atoms with van der Waals surface area (Å²) in [5.74, 6) is -1.86. The molecule has 6 heteroatoms. The summed E-state index contributed by atoms with van der Waals surface area (Å²) < 4.78 is 0. The first kappa shape index (κ1) is 16.5. The summed E-state index contributed by atoms with van der Waals surface area (Å²) in [4.78, 5) is 37.2. The minimum atomic E-state index is -0.881. The van der Waals surface area contributed by atoms with Crippen LogP contribution in [0.25, 0.3) is 0 Å². The van der Waals surface area contributed by atoms with E-state index in [4.69, 9.17) is 5.11 Å². The molecule has 0 radical (unpaired) electrons. The second-order valence-corrected chi connectivity index (χ2v) is 6.67. The molecule has 2 fully saturated rings. The number of aliphatic carboxylic acids is 1. The van der Waals surface area contributed by atoms with Crippen molar-refractivity contribution >= 4 is 17.8 Å². The van der Waals surface area contributed by atoms with Gasteiger partial charge in [-0.1, -0.05) is 18.2 Å². The van der Waals surface area contributed by atoms with Crippen LogP contribution in [0.4, 0.5) is 0 Å². The van der Waals surface area contributed by atoms with Gasteiger partial charge in [-0.15, -0.1) is 0 Å². The first-order chi connectivity index (χ1) is 11.5. The number of aryl methyl sites for hydroxylation is 1. The summed E-state index contributed by atoms with van der Waals surface area (Å²) in [6, 6.07) is 7.51. The Labute approximate surface area is 140 Å². The molecular weight excluding hydrogens is 308 g/mol. The highest BCUT2D eigenvalue weighted by Gasteiger charge is 2.50. The molecule has 1 aromatic rings. The number of amides is 2. The van der Waals surface area contributed by atoms with Gasteiger partial charge in [0.2, 0.25) is 5.91 Å². The third kappa shape index (κ3) is 3.42. The van der Waals surface area contributed by atoms with Gasteiger partial charge in [0.05, 0.1) is 11.8 Å². The zero-order chi connectivity index (χ0) is 17.3. The predicted octanol–water partition coefficient (Wildman–Crippen LogP) is 1.44. The van der Waals surface area contributed by atoms with Crippen molar-refractivity contribution in [1.29, 1.82) is 0 Å². The molecule has 2 unspecified atom stereocenters. The van der Waals surface area contributed by atoms with E-state index in [1.165, 1.54) is 0 Å². The van der Waals surface area contributed by atoms with Crippen molar-refractivity contribution in [1.82, 2.24) is 10.2 Å². The Morgan fingerprint density at radius 2 is 1.79 bits per heavy atom. The SMILES string of the molecule is Cc1ccccc1C(=O)NC1CCN(C(=O)C2CC2C(=O)O)CC1. The van der Waals surface area contributed by atoms with Crippen LogP contribution < -0.4 is 5.32 Å². The molecule has 0 aromatic heterocycles. The molecule has 1 aliphatic carbocycles. The molecule has 1 aliphatic heterocycles. The second-order valence-electron chi connectivity index (χ2n) is 6.67. The van der Waals surface area contributed by atoms with Crippen LogP contribution in [0.15, 0.2) is 24.3 Å². The highest BCUT2D eigenvalue weighted by Crippen LogP contribution is 2.40. The number of carboxylic acid groups (broad SMARTS) is 1. The van der Waals surface area contributed by atoms with Crippen LogP contribution in [0.2, 0.25) is 0 Å². The average Bonchev–Trinajstić information content (AvgIpc) is 3.36. The van der Waals surface area contributed by atoms with Crippen LogP contribution in [0.1, 0.15) is 35.2 Å². The van der Waals surface area contributed by atoms with Crippen molar-refractivity contribution in [2.75, 3.05) is 13.1 Å². The van der Waals surface area contributed by atoms with Crippen molar-refractivity contribution in [3.63, 3.8) is 0 Å². The minimum absolute atomic E-state index is 0.0499. The van der Waals surface area contributed by atoms with E-state index in [-0.39, 0.29) is 23.8 Å². The Hall–Kier alpha value is -2.37. The molecule has 1 saturated heterocycles. The summed E-state index contributed by atoms with van der Waals surface area (Å²) in [6.45, 7) is 3.05. The highest BCUT2D eigenvalue weighted by molar-refractivity contribution is 5.95. The van der Waals surface area contributed by atoms with Crippen molar-refractivity contribution in [2.24, 2.45) is 11.8 Å². The monoisotopic (exact) mass is 330 g/mol. The van der Waals surface area contributed by atoms with Gasteiger partial charge in [0.25, 0.3) is 5.91 Å². The lowest BCUT2D eigenvalue weighted by Crippen LogP contribution is -2.47. The van der Waals surface area contributed by atoms with E-state index in [0.717, 1.165) is 5.56 Å².